The van der Waals surface area contributed by atoms with Crippen LogP contribution in [0.1, 0.15) is 11.1 Å². The minimum absolute atomic E-state index is 0.0378. The number of carbonyl (C=O) groups is 1. The van der Waals surface area contributed by atoms with Crippen LogP contribution in [0, 0.1) is 11.6 Å². The summed E-state index contributed by atoms with van der Waals surface area (Å²) < 4.78 is 37.5. The molecule has 0 saturated carbocycles. The van der Waals surface area contributed by atoms with Gasteiger partial charge in [-0.25, -0.2) is 13.6 Å². The third-order valence-electron chi connectivity index (χ3n) is 5.33. The third-order valence-corrected chi connectivity index (χ3v) is 5.33. The highest BCUT2D eigenvalue weighted by atomic mass is 19.1. The maximum absolute atomic E-state index is 13.4. The summed E-state index contributed by atoms with van der Waals surface area (Å²) in [5, 5.41) is 0. The number of methoxy groups -OCH3 is 1. The number of hydrogen-bond donors (Lipinski definition) is 0. The van der Waals surface area contributed by atoms with E-state index in [2.05, 4.69) is 4.90 Å². The lowest BCUT2D eigenvalue weighted by Gasteiger charge is -2.22. The molecule has 2 heterocycles. The number of fused-ring (bicyclic) bond motifs is 1. The first kappa shape index (κ1) is 18.7. The molecule has 0 bridgehead atoms. The van der Waals surface area contributed by atoms with Gasteiger partial charge in [-0.2, -0.15) is 0 Å². The molecule has 5 nitrogen and oxygen atoms in total. The first-order chi connectivity index (χ1) is 13.5. The Kier molecular flexibility index (Phi) is 5.17. The topological polar surface area (TPSA) is 42.0 Å². The average molecular weight is 388 g/mol. The van der Waals surface area contributed by atoms with Crippen LogP contribution in [0.15, 0.2) is 42.5 Å². The van der Waals surface area contributed by atoms with Gasteiger partial charge in [0.1, 0.15) is 23.5 Å². The number of likely N-dealkylation sites (tertiary alicyclic amines) is 1. The minimum atomic E-state index is -0.582. The largest absolute Gasteiger partial charge is 0.497 e. The lowest BCUT2D eigenvalue weighted by atomic mass is 10.1. The molecule has 2 atom stereocenters. The fourth-order valence-electron chi connectivity index (χ4n) is 3.97. The van der Waals surface area contributed by atoms with Gasteiger partial charge in [0.2, 0.25) is 0 Å². The van der Waals surface area contributed by atoms with Gasteiger partial charge in [0.15, 0.2) is 0 Å². The Bertz CT molecular complexity index is 839. The molecule has 7 heteroatoms. The highest BCUT2D eigenvalue weighted by Gasteiger charge is 2.47. The van der Waals surface area contributed by atoms with Gasteiger partial charge in [-0.15, -0.1) is 0 Å². The smallest absolute Gasteiger partial charge is 0.410 e. The van der Waals surface area contributed by atoms with Gasteiger partial charge in [-0.05, 0) is 41.8 Å². The zero-order valence-electron chi connectivity index (χ0n) is 15.6. The van der Waals surface area contributed by atoms with Crippen molar-refractivity contribution < 1.29 is 23.0 Å². The Balaban J connectivity index is 1.37. The number of halogens is 2. The van der Waals surface area contributed by atoms with Crippen LogP contribution >= 0.6 is 0 Å². The fourth-order valence-corrected chi connectivity index (χ4v) is 3.97. The van der Waals surface area contributed by atoms with Crippen molar-refractivity contribution in [2.24, 2.45) is 0 Å². The number of rotatable bonds is 6. The van der Waals surface area contributed by atoms with Crippen molar-refractivity contribution in [2.45, 2.75) is 25.1 Å². The second kappa shape index (κ2) is 7.75. The molecule has 0 N–H and O–H groups in total. The highest BCUT2D eigenvalue weighted by molar-refractivity contribution is 5.71. The Morgan fingerprint density at radius 2 is 1.79 bits per heavy atom. The summed E-state index contributed by atoms with van der Waals surface area (Å²) >= 11 is 0. The molecule has 0 aromatic heterocycles. The molecule has 0 unspecified atom stereocenters. The van der Waals surface area contributed by atoms with Crippen molar-refractivity contribution in [1.82, 2.24) is 9.80 Å². The first-order valence-electron chi connectivity index (χ1n) is 9.29. The molecule has 2 saturated heterocycles. The van der Waals surface area contributed by atoms with Gasteiger partial charge in [-0.3, -0.25) is 9.80 Å². The summed E-state index contributed by atoms with van der Waals surface area (Å²) in [4.78, 5) is 16.1. The fraction of sp³-hybridized carbons (Fsp3) is 0.381. The summed E-state index contributed by atoms with van der Waals surface area (Å²) in [7, 11) is 1.62. The van der Waals surface area contributed by atoms with E-state index < -0.39 is 11.6 Å². The third kappa shape index (κ3) is 3.94. The van der Waals surface area contributed by atoms with Gasteiger partial charge >= 0.3 is 6.09 Å². The van der Waals surface area contributed by atoms with E-state index in [-0.39, 0.29) is 18.2 Å². The van der Waals surface area contributed by atoms with E-state index >= 15 is 0 Å². The number of nitrogens with zero attached hydrogens (tertiary/aromatic N) is 2. The quantitative estimate of drug-likeness (QED) is 0.762. The first-order valence-corrected chi connectivity index (χ1v) is 9.29. The van der Waals surface area contributed by atoms with Crippen LogP contribution in [0.25, 0.3) is 0 Å². The van der Waals surface area contributed by atoms with E-state index in [1.165, 1.54) is 12.1 Å². The Labute approximate surface area is 162 Å². The predicted molar refractivity (Wildman–Crippen MR) is 99.1 cm³/mol. The molecule has 4 rings (SSSR count). The van der Waals surface area contributed by atoms with Crippen molar-refractivity contribution in [3.8, 4) is 5.75 Å². The van der Waals surface area contributed by atoms with Crippen LogP contribution in [0.4, 0.5) is 13.6 Å². The van der Waals surface area contributed by atoms with E-state index in [0.717, 1.165) is 23.8 Å². The van der Waals surface area contributed by atoms with Crippen molar-refractivity contribution in [1.29, 1.82) is 0 Å². The molecular weight excluding hydrogens is 366 g/mol. The SMILES string of the molecule is COc1ccc(CCN2C(=O)O[C@@H]3CN(Cc4cc(F)cc(F)c4)C[C@@H]32)cc1. The zero-order chi connectivity index (χ0) is 19.7. The molecule has 2 aromatic rings. The maximum atomic E-state index is 13.4. The van der Waals surface area contributed by atoms with Crippen LogP contribution in [0.5, 0.6) is 5.75 Å². The molecule has 2 aliphatic rings. The number of benzene rings is 2. The summed E-state index contributed by atoms with van der Waals surface area (Å²) in [6.45, 7) is 2.17. The molecule has 148 valence electrons. The second-order valence-electron chi connectivity index (χ2n) is 7.25. The average Bonchev–Trinajstić information content (AvgIpc) is 3.15. The number of hydrogen-bond acceptors (Lipinski definition) is 4. The molecular formula is C21H22F2N2O3. The van der Waals surface area contributed by atoms with Crippen LogP contribution in [0.2, 0.25) is 0 Å². The van der Waals surface area contributed by atoms with Crippen molar-refractivity contribution in [2.75, 3.05) is 26.7 Å². The van der Waals surface area contributed by atoms with Crippen LogP contribution < -0.4 is 4.74 Å². The summed E-state index contributed by atoms with van der Waals surface area (Å²) in [5.41, 5.74) is 1.69. The predicted octanol–water partition coefficient (Wildman–Crippen LogP) is 3.22. The van der Waals surface area contributed by atoms with E-state index in [4.69, 9.17) is 9.47 Å². The lowest BCUT2D eigenvalue weighted by Crippen LogP contribution is -2.39. The zero-order valence-corrected chi connectivity index (χ0v) is 15.6. The second-order valence-corrected chi connectivity index (χ2v) is 7.25. The Morgan fingerprint density at radius 3 is 2.46 bits per heavy atom. The standard InChI is InChI=1S/C21H22F2N2O3/c1-27-18-4-2-14(3-5-18)6-7-25-19-12-24(13-20(19)28-21(25)26)11-15-8-16(22)10-17(23)9-15/h2-5,8-10,19-20H,6-7,11-13H2,1H3/t19-,20+/m0/s1. The number of carbonyl (C=O) groups excluding carboxylic acids is 1. The van der Waals surface area contributed by atoms with Gasteiger partial charge in [0, 0.05) is 32.2 Å². The monoisotopic (exact) mass is 388 g/mol. The van der Waals surface area contributed by atoms with Crippen molar-refractivity contribution in [3.05, 3.63) is 65.2 Å². The number of amides is 1. The van der Waals surface area contributed by atoms with Crippen LogP contribution in [-0.2, 0) is 17.7 Å². The maximum Gasteiger partial charge on any atom is 0.410 e. The summed E-state index contributed by atoms with van der Waals surface area (Å²) in [5.74, 6) is -0.367. The summed E-state index contributed by atoms with van der Waals surface area (Å²) in [6, 6.07) is 11.3. The van der Waals surface area contributed by atoms with E-state index in [0.29, 0.717) is 31.7 Å². The minimum Gasteiger partial charge on any atom is -0.497 e. The normalized spacial score (nSPS) is 21.7. The molecule has 28 heavy (non-hydrogen) atoms. The van der Waals surface area contributed by atoms with Gasteiger partial charge in [0.05, 0.1) is 13.2 Å². The van der Waals surface area contributed by atoms with Crippen LogP contribution in [0.3, 0.4) is 0 Å². The van der Waals surface area contributed by atoms with E-state index in [1.807, 2.05) is 24.3 Å². The molecule has 0 spiro atoms. The molecule has 0 aliphatic carbocycles. The molecule has 2 fully saturated rings. The highest BCUT2D eigenvalue weighted by Crippen LogP contribution is 2.28. The molecule has 2 aliphatic heterocycles. The molecule has 2 aromatic carbocycles. The van der Waals surface area contributed by atoms with Gasteiger partial charge in [0.25, 0.3) is 0 Å². The van der Waals surface area contributed by atoms with E-state index in [9.17, 15) is 13.6 Å². The van der Waals surface area contributed by atoms with Crippen molar-refractivity contribution in [3.63, 3.8) is 0 Å². The van der Waals surface area contributed by atoms with Gasteiger partial charge < -0.3 is 9.47 Å². The summed E-state index contributed by atoms with van der Waals surface area (Å²) in [6.07, 6.45) is 0.221. The Hall–Kier alpha value is -2.67. The van der Waals surface area contributed by atoms with E-state index in [1.54, 1.807) is 12.0 Å². The molecule has 1 amide bonds. The van der Waals surface area contributed by atoms with Crippen molar-refractivity contribution >= 4 is 6.09 Å². The number of ether oxygens (including phenoxy) is 2. The van der Waals surface area contributed by atoms with Gasteiger partial charge in [-0.1, -0.05) is 12.1 Å². The molecule has 0 radical (unpaired) electrons. The van der Waals surface area contributed by atoms with Crippen LogP contribution in [-0.4, -0.2) is 54.8 Å². The lowest BCUT2D eigenvalue weighted by molar-refractivity contribution is 0.120. The Morgan fingerprint density at radius 1 is 1.07 bits per heavy atom.